The number of esters is 1. The monoisotopic (exact) mass is 344 g/mol. The van der Waals surface area contributed by atoms with Crippen LogP contribution in [-0.2, 0) is 9.53 Å². The van der Waals surface area contributed by atoms with Gasteiger partial charge in [-0.25, -0.2) is 0 Å². The average Bonchev–Trinajstić information content (AvgIpc) is 2.91. The van der Waals surface area contributed by atoms with Crippen molar-refractivity contribution in [2.45, 2.75) is 91.6 Å². The van der Waals surface area contributed by atoms with Crippen LogP contribution in [0.5, 0.6) is 0 Å². The standard InChI is InChI=1S/C23H36O2/c1-5-16-7-9-20-19-8-6-17-14-18(25-15(2)24)10-12-23(17,4)21(19)11-13-22(16,20)3/h5,17-21H,6-14H2,1-4H3/b16-5+/t17-,18+,19+,20+,21+,22-,23+/m1/s1. The Kier molecular flexibility index (Phi) is 4.32. The van der Waals surface area contributed by atoms with E-state index in [-0.39, 0.29) is 12.1 Å². The molecule has 0 N–H and O–H groups in total. The SMILES string of the molecule is C/C=C1\CC[C@H]2[C@@H]3CC[C@@H]4C[C@@H](OC(C)=O)CC[C@]4(C)[C@H]3CC[C@]12C. The van der Waals surface area contributed by atoms with Crippen LogP contribution in [-0.4, -0.2) is 12.1 Å². The van der Waals surface area contributed by atoms with E-state index in [4.69, 9.17) is 4.74 Å². The summed E-state index contributed by atoms with van der Waals surface area (Å²) in [6.45, 7) is 8.98. The molecule has 4 aliphatic carbocycles. The highest BCUT2D eigenvalue weighted by atomic mass is 16.5. The second kappa shape index (κ2) is 6.13. The molecule has 0 aliphatic heterocycles. The molecule has 140 valence electrons. The summed E-state index contributed by atoms with van der Waals surface area (Å²) in [6.07, 6.45) is 14.4. The third-order valence-corrected chi connectivity index (χ3v) is 9.15. The van der Waals surface area contributed by atoms with Crippen molar-refractivity contribution in [3.63, 3.8) is 0 Å². The van der Waals surface area contributed by atoms with Gasteiger partial charge in [-0.05, 0) is 99.2 Å². The van der Waals surface area contributed by atoms with E-state index >= 15 is 0 Å². The van der Waals surface area contributed by atoms with Gasteiger partial charge in [0.2, 0.25) is 0 Å². The molecule has 25 heavy (non-hydrogen) atoms. The molecule has 2 heteroatoms. The lowest BCUT2D eigenvalue weighted by atomic mass is 9.45. The van der Waals surface area contributed by atoms with Gasteiger partial charge in [0.25, 0.3) is 0 Å². The molecule has 4 fully saturated rings. The van der Waals surface area contributed by atoms with E-state index in [0.29, 0.717) is 10.8 Å². The largest absolute Gasteiger partial charge is 0.463 e. The normalized spacial score (nSPS) is 50.7. The lowest BCUT2D eigenvalue weighted by molar-refractivity contribution is -0.158. The Hall–Kier alpha value is -0.790. The predicted octanol–water partition coefficient (Wildman–Crippen LogP) is 5.91. The van der Waals surface area contributed by atoms with E-state index in [2.05, 4.69) is 26.8 Å². The fourth-order valence-corrected chi connectivity index (χ4v) is 7.88. The first-order valence-electron chi connectivity index (χ1n) is 10.7. The first kappa shape index (κ1) is 17.6. The van der Waals surface area contributed by atoms with Gasteiger partial charge in [0.05, 0.1) is 0 Å². The van der Waals surface area contributed by atoms with Crippen LogP contribution >= 0.6 is 0 Å². The fraction of sp³-hybridized carbons (Fsp3) is 0.870. The summed E-state index contributed by atoms with van der Waals surface area (Å²) in [5, 5.41) is 0. The Morgan fingerprint density at radius 1 is 1.08 bits per heavy atom. The molecule has 0 bridgehead atoms. The van der Waals surface area contributed by atoms with Gasteiger partial charge in [-0.1, -0.05) is 25.5 Å². The first-order chi connectivity index (χ1) is 11.9. The van der Waals surface area contributed by atoms with Gasteiger partial charge in [-0.3, -0.25) is 4.79 Å². The zero-order valence-electron chi connectivity index (χ0n) is 16.6. The zero-order valence-corrected chi connectivity index (χ0v) is 16.6. The molecule has 0 amide bonds. The molecule has 4 saturated carbocycles. The number of ether oxygens (including phenoxy) is 1. The average molecular weight is 345 g/mol. The topological polar surface area (TPSA) is 26.3 Å². The highest BCUT2D eigenvalue weighted by molar-refractivity contribution is 5.66. The summed E-state index contributed by atoms with van der Waals surface area (Å²) in [7, 11) is 0. The van der Waals surface area contributed by atoms with Crippen LogP contribution in [0.3, 0.4) is 0 Å². The first-order valence-corrected chi connectivity index (χ1v) is 10.7. The third-order valence-electron chi connectivity index (χ3n) is 9.15. The van der Waals surface area contributed by atoms with E-state index in [1.54, 1.807) is 12.5 Å². The molecule has 4 rings (SSSR count). The highest BCUT2D eigenvalue weighted by Crippen LogP contribution is 2.67. The summed E-state index contributed by atoms with van der Waals surface area (Å²) >= 11 is 0. The summed E-state index contributed by atoms with van der Waals surface area (Å²) in [5.41, 5.74) is 2.73. The van der Waals surface area contributed by atoms with Crippen molar-refractivity contribution >= 4 is 5.97 Å². The van der Waals surface area contributed by atoms with E-state index in [0.717, 1.165) is 36.5 Å². The van der Waals surface area contributed by atoms with Crippen molar-refractivity contribution in [1.82, 2.24) is 0 Å². The van der Waals surface area contributed by atoms with Crippen LogP contribution in [0.15, 0.2) is 11.6 Å². The van der Waals surface area contributed by atoms with Crippen LogP contribution in [0.1, 0.15) is 85.5 Å². The molecule has 4 aliphatic rings. The van der Waals surface area contributed by atoms with Gasteiger partial charge >= 0.3 is 5.97 Å². The van der Waals surface area contributed by atoms with Gasteiger partial charge in [-0.2, -0.15) is 0 Å². The number of carbonyl (C=O) groups excluding carboxylic acids is 1. The lowest BCUT2D eigenvalue weighted by Gasteiger charge is -2.60. The minimum absolute atomic E-state index is 0.0967. The van der Waals surface area contributed by atoms with Crippen LogP contribution in [0.2, 0.25) is 0 Å². The molecule has 0 aromatic heterocycles. The van der Waals surface area contributed by atoms with Gasteiger partial charge < -0.3 is 4.74 Å². The Morgan fingerprint density at radius 2 is 1.88 bits per heavy atom. The van der Waals surface area contributed by atoms with Gasteiger partial charge in [-0.15, -0.1) is 0 Å². The maximum atomic E-state index is 11.4. The number of carbonyl (C=O) groups is 1. The number of allylic oxidation sites excluding steroid dienone is 2. The molecule has 0 aromatic carbocycles. The number of hydrogen-bond acceptors (Lipinski definition) is 2. The lowest BCUT2D eigenvalue weighted by Crippen LogP contribution is -2.53. The van der Waals surface area contributed by atoms with Crippen molar-refractivity contribution in [1.29, 1.82) is 0 Å². The minimum atomic E-state index is -0.0967. The Labute approximate surface area is 153 Å². The number of hydrogen-bond donors (Lipinski definition) is 0. The van der Waals surface area contributed by atoms with Crippen molar-refractivity contribution < 1.29 is 9.53 Å². The Balaban J connectivity index is 1.55. The quantitative estimate of drug-likeness (QED) is 0.437. The molecular weight excluding hydrogens is 308 g/mol. The second-order valence-electron chi connectivity index (χ2n) is 9.97. The van der Waals surface area contributed by atoms with Crippen LogP contribution in [0.25, 0.3) is 0 Å². The van der Waals surface area contributed by atoms with Crippen molar-refractivity contribution in [3.8, 4) is 0 Å². The van der Waals surface area contributed by atoms with Crippen LogP contribution in [0.4, 0.5) is 0 Å². The second-order valence-corrected chi connectivity index (χ2v) is 9.97. The smallest absolute Gasteiger partial charge is 0.302 e. The molecule has 2 nitrogen and oxygen atoms in total. The Bertz CT molecular complexity index is 579. The van der Waals surface area contributed by atoms with Gasteiger partial charge in [0, 0.05) is 6.92 Å². The van der Waals surface area contributed by atoms with E-state index < -0.39 is 0 Å². The van der Waals surface area contributed by atoms with Crippen molar-refractivity contribution in [2.24, 2.45) is 34.5 Å². The summed E-state index contributed by atoms with van der Waals surface area (Å²) in [4.78, 5) is 11.4. The molecular formula is C23H36O2. The molecule has 0 spiro atoms. The maximum absolute atomic E-state index is 11.4. The van der Waals surface area contributed by atoms with Gasteiger partial charge in [0.15, 0.2) is 0 Å². The number of fused-ring (bicyclic) bond motifs is 5. The van der Waals surface area contributed by atoms with Crippen molar-refractivity contribution in [2.75, 3.05) is 0 Å². The van der Waals surface area contributed by atoms with Crippen LogP contribution < -0.4 is 0 Å². The minimum Gasteiger partial charge on any atom is -0.463 e. The summed E-state index contributed by atoms with van der Waals surface area (Å²) in [6, 6.07) is 0. The maximum Gasteiger partial charge on any atom is 0.302 e. The molecule has 0 aromatic rings. The molecule has 0 heterocycles. The van der Waals surface area contributed by atoms with Crippen molar-refractivity contribution in [3.05, 3.63) is 11.6 Å². The molecule has 0 saturated heterocycles. The highest BCUT2D eigenvalue weighted by Gasteiger charge is 2.59. The third kappa shape index (κ3) is 2.61. The zero-order chi connectivity index (χ0) is 17.8. The molecule has 0 unspecified atom stereocenters. The van der Waals surface area contributed by atoms with Gasteiger partial charge in [0.1, 0.15) is 6.10 Å². The predicted molar refractivity (Wildman–Crippen MR) is 101 cm³/mol. The fourth-order valence-electron chi connectivity index (χ4n) is 7.88. The summed E-state index contributed by atoms with van der Waals surface area (Å²) < 4.78 is 5.59. The summed E-state index contributed by atoms with van der Waals surface area (Å²) in [5.74, 6) is 3.42. The van der Waals surface area contributed by atoms with E-state index in [1.807, 2.05) is 0 Å². The molecule has 7 atom stereocenters. The van der Waals surface area contributed by atoms with E-state index in [1.165, 1.54) is 44.9 Å². The Morgan fingerprint density at radius 3 is 2.60 bits per heavy atom. The van der Waals surface area contributed by atoms with Crippen LogP contribution in [0, 0.1) is 34.5 Å². The molecule has 0 radical (unpaired) electrons. The number of rotatable bonds is 1. The van der Waals surface area contributed by atoms with E-state index in [9.17, 15) is 4.79 Å².